The molecule has 0 aliphatic carbocycles. The lowest BCUT2D eigenvalue weighted by Crippen LogP contribution is -2.37. The van der Waals surface area contributed by atoms with Crippen LogP contribution in [-0.2, 0) is 20.3 Å². The molecule has 7 nitrogen and oxygen atoms in total. The quantitative estimate of drug-likeness (QED) is 0.767. The van der Waals surface area contributed by atoms with Crippen molar-refractivity contribution in [3.63, 3.8) is 0 Å². The van der Waals surface area contributed by atoms with Crippen LogP contribution >= 0.6 is 0 Å². The highest BCUT2D eigenvalue weighted by atomic mass is 32.2. The molecule has 2 rings (SSSR count). The standard InChI is InChI=1S/C19H20N2O5S/c1-12-4-9-16(13(2)10-12)20-19(24)21-17(22)11-26-18(23)14-5-7-15(8-6-14)27(3)25/h4-10H,11H2,1-3H3,(H2,20,21,22,24). The van der Waals surface area contributed by atoms with Gasteiger partial charge in [0.05, 0.1) is 5.56 Å². The van der Waals surface area contributed by atoms with E-state index >= 15 is 0 Å². The monoisotopic (exact) mass is 388 g/mol. The van der Waals surface area contributed by atoms with Crippen LogP contribution in [0.3, 0.4) is 0 Å². The Balaban J connectivity index is 1.83. The highest BCUT2D eigenvalue weighted by Gasteiger charge is 2.13. The van der Waals surface area contributed by atoms with Gasteiger partial charge in [-0.25, -0.2) is 9.59 Å². The first-order valence-corrected chi connectivity index (χ1v) is 9.61. The highest BCUT2D eigenvalue weighted by Crippen LogP contribution is 2.15. The van der Waals surface area contributed by atoms with Gasteiger partial charge >= 0.3 is 12.0 Å². The van der Waals surface area contributed by atoms with Crippen LogP contribution in [0.5, 0.6) is 0 Å². The molecule has 8 heteroatoms. The summed E-state index contributed by atoms with van der Waals surface area (Å²) >= 11 is 0. The van der Waals surface area contributed by atoms with Gasteiger partial charge in [0.2, 0.25) is 0 Å². The minimum Gasteiger partial charge on any atom is -0.452 e. The first-order chi connectivity index (χ1) is 12.8. The van der Waals surface area contributed by atoms with E-state index in [4.69, 9.17) is 4.74 Å². The average Bonchev–Trinajstić information content (AvgIpc) is 2.62. The second kappa shape index (κ2) is 9.09. The molecule has 0 fully saturated rings. The van der Waals surface area contributed by atoms with Gasteiger partial charge in [0, 0.05) is 27.6 Å². The molecule has 142 valence electrons. The van der Waals surface area contributed by atoms with Crippen LogP contribution in [0.2, 0.25) is 0 Å². The van der Waals surface area contributed by atoms with Crippen molar-refractivity contribution in [3.05, 3.63) is 59.2 Å². The molecule has 27 heavy (non-hydrogen) atoms. The molecule has 2 aromatic rings. The zero-order valence-corrected chi connectivity index (χ0v) is 16.0. The van der Waals surface area contributed by atoms with Gasteiger partial charge in [-0.1, -0.05) is 17.7 Å². The fourth-order valence-electron chi connectivity index (χ4n) is 2.27. The molecule has 0 saturated heterocycles. The SMILES string of the molecule is Cc1ccc(NC(=O)NC(=O)COC(=O)c2ccc(S(C)=O)cc2)c(C)c1. The van der Waals surface area contributed by atoms with E-state index in [0.717, 1.165) is 11.1 Å². The number of aryl methyl sites for hydroxylation is 2. The van der Waals surface area contributed by atoms with Crippen molar-refractivity contribution in [2.75, 3.05) is 18.2 Å². The Kier molecular flexibility index (Phi) is 6.84. The summed E-state index contributed by atoms with van der Waals surface area (Å²) < 4.78 is 16.2. The van der Waals surface area contributed by atoms with Gasteiger partial charge in [-0.2, -0.15) is 0 Å². The third-order valence-electron chi connectivity index (χ3n) is 3.64. The fourth-order valence-corrected chi connectivity index (χ4v) is 2.79. The Hall–Kier alpha value is -3.00. The molecule has 3 amide bonds. The number of carbonyl (C=O) groups is 3. The van der Waals surface area contributed by atoms with Crippen molar-refractivity contribution < 1.29 is 23.3 Å². The van der Waals surface area contributed by atoms with Crippen molar-refractivity contribution in [1.29, 1.82) is 0 Å². The van der Waals surface area contributed by atoms with Crippen molar-refractivity contribution in [3.8, 4) is 0 Å². The van der Waals surface area contributed by atoms with Crippen molar-refractivity contribution in [2.45, 2.75) is 18.7 Å². The predicted molar refractivity (Wildman–Crippen MR) is 102 cm³/mol. The Morgan fingerprint density at radius 1 is 1.04 bits per heavy atom. The Morgan fingerprint density at radius 2 is 1.70 bits per heavy atom. The lowest BCUT2D eigenvalue weighted by molar-refractivity contribution is -0.123. The van der Waals surface area contributed by atoms with E-state index < -0.39 is 35.3 Å². The predicted octanol–water partition coefficient (Wildman–Crippen LogP) is 2.55. The molecule has 0 spiro atoms. The summed E-state index contributed by atoms with van der Waals surface area (Å²) in [4.78, 5) is 36.1. The van der Waals surface area contributed by atoms with E-state index in [2.05, 4.69) is 10.6 Å². The Labute approximate surface area is 159 Å². The number of amides is 3. The van der Waals surface area contributed by atoms with Gasteiger partial charge in [-0.05, 0) is 49.7 Å². The van der Waals surface area contributed by atoms with Crippen molar-refractivity contribution in [2.24, 2.45) is 0 Å². The summed E-state index contributed by atoms with van der Waals surface area (Å²) in [7, 11) is -1.15. The van der Waals surface area contributed by atoms with Gasteiger partial charge in [0.15, 0.2) is 6.61 Å². The molecule has 2 N–H and O–H groups in total. The average molecular weight is 388 g/mol. The summed E-state index contributed by atoms with van der Waals surface area (Å²) in [5.41, 5.74) is 2.72. The summed E-state index contributed by atoms with van der Waals surface area (Å²) in [6.45, 7) is 3.18. The number of anilines is 1. The summed E-state index contributed by atoms with van der Waals surface area (Å²) in [5, 5.41) is 4.66. The number of hydrogen-bond donors (Lipinski definition) is 2. The van der Waals surface area contributed by atoms with Crippen LogP contribution < -0.4 is 10.6 Å². The third kappa shape index (κ3) is 6.03. The van der Waals surface area contributed by atoms with E-state index in [1.807, 2.05) is 26.0 Å². The maximum atomic E-state index is 11.9. The molecular weight excluding hydrogens is 368 g/mol. The molecule has 0 bridgehead atoms. The van der Waals surface area contributed by atoms with Crippen LogP contribution in [0.1, 0.15) is 21.5 Å². The molecule has 0 heterocycles. The number of urea groups is 1. The molecule has 0 aromatic heterocycles. The molecule has 1 atom stereocenters. The number of nitrogens with one attached hydrogen (secondary N) is 2. The number of rotatable bonds is 5. The van der Waals surface area contributed by atoms with Gasteiger partial charge < -0.3 is 10.1 Å². The zero-order valence-electron chi connectivity index (χ0n) is 15.2. The fraction of sp³-hybridized carbons (Fsp3) is 0.211. The minimum atomic E-state index is -1.15. The van der Waals surface area contributed by atoms with E-state index in [-0.39, 0.29) is 5.56 Å². The smallest absolute Gasteiger partial charge is 0.338 e. The molecule has 0 aliphatic rings. The molecular formula is C19H20N2O5S. The number of hydrogen-bond acceptors (Lipinski definition) is 5. The van der Waals surface area contributed by atoms with Crippen LogP contribution in [0.25, 0.3) is 0 Å². The number of benzene rings is 2. The van der Waals surface area contributed by atoms with Crippen LogP contribution in [0, 0.1) is 13.8 Å². The Bertz CT molecular complexity index is 893. The maximum Gasteiger partial charge on any atom is 0.338 e. The maximum absolute atomic E-state index is 11.9. The highest BCUT2D eigenvalue weighted by molar-refractivity contribution is 7.84. The second-order valence-corrected chi connectivity index (χ2v) is 7.25. The van der Waals surface area contributed by atoms with Crippen LogP contribution in [0.4, 0.5) is 10.5 Å². The molecule has 0 aliphatic heterocycles. The van der Waals surface area contributed by atoms with E-state index in [1.54, 1.807) is 18.2 Å². The van der Waals surface area contributed by atoms with E-state index in [0.29, 0.717) is 10.6 Å². The topological polar surface area (TPSA) is 102 Å². The first-order valence-electron chi connectivity index (χ1n) is 8.05. The molecule has 2 aromatic carbocycles. The summed E-state index contributed by atoms with van der Waals surface area (Å²) in [5.74, 6) is -1.47. The lowest BCUT2D eigenvalue weighted by Gasteiger charge is -2.10. The normalized spacial score (nSPS) is 11.4. The van der Waals surface area contributed by atoms with Gasteiger partial charge in [-0.15, -0.1) is 0 Å². The van der Waals surface area contributed by atoms with Crippen LogP contribution in [0.15, 0.2) is 47.4 Å². The number of imide groups is 1. The third-order valence-corrected chi connectivity index (χ3v) is 4.58. The van der Waals surface area contributed by atoms with Crippen molar-refractivity contribution >= 4 is 34.4 Å². The second-order valence-electron chi connectivity index (χ2n) is 5.88. The number of carbonyl (C=O) groups excluding carboxylic acids is 3. The van der Waals surface area contributed by atoms with Crippen molar-refractivity contribution in [1.82, 2.24) is 5.32 Å². The molecule has 1 unspecified atom stereocenters. The van der Waals surface area contributed by atoms with Gasteiger partial charge in [-0.3, -0.25) is 14.3 Å². The first kappa shape index (κ1) is 20.3. The van der Waals surface area contributed by atoms with E-state index in [9.17, 15) is 18.6 Å². The lowest BCUT2D eigenvalue weighted by atomic mass is 10.1. The Morgan fingerprint density at radius 3 is 2.30 bits per heavy atom. The van der Waals surface area contributed by atoms with Crippen LogP contribution in [-0.4, -0.2) is 35.0 Å². The van der Waals surface area contributed by atoms with E-state index in [1.165, 1.54) is 18.4 Å². The minimum absolute atomic E-state index is 0.219. The summed E-state index contributed by atoms with van der Waals surface area (Å²) in [6.07, 6.45) is 1.53. The molecule has 0 radical (unpaired) electrons. The summed E-state index contributed by atoms with van der Waals surface area (Å²) in [6, 6.07) is 10.8. The van der Waals surface area contributed by atoms with Gasteiger partial charge in [0.1, 0.15) is 0 Å². The molecule has 0 saturated carbocycles. The largest absolute Gasteiger partial charge is 0.452 e. The number of esters is 1. The van der Waals surface area contributed by atoms with Gasteiger partial charge in [0.25, 0.3) is 5.91 Å². The number of ether oxygens (including phenoxy) is 1. The zero-order chi connectivity index (χ0) is 20.0.